The van der Waals surface area contributed by atoms with Crippen LogP contribution in [0.2, 0.25) is 0 Å². The van der Waals surface area contributed by atoms with Crippen molar-refractivity contribution in [2.45, 2.75) is 52.2 Å². The van der Waals surface area contributed by atoms with E-state index in [1.807, 2.05) is 10.6 Å². The van der Waals surface area contributed by atoms with Gasteiger partial charge in [-0.15, -0.1) is 0 Å². The van der Waals surface area contributed by atoms with Crippen LogP contribution in [0.15, 0.2) is 35.1 Å². The largest absolute Gasteiger partial charge is 0.391 e. The van der Waals surface area contributed by atoms with E-state index in [1.54, 1.807) is 6.07 Å². The third-order valence-corrected chi connectivity index (χ3v) is 4.86. The zero-order chi connectivity index (χ0) is 15.7. The molecule has 1 aromatic carbocycles. The highest BCUT2D eigenvalue weighted by Crippen LogP contribution is 2.32. The predicted octanol–water partition coefficient (Wildman–Crippen LogP) is 3.74. The highest BCUT2D eigenvalue weighted by Gasteiger charge is 2.22. The molecule has 0 spiro atoms. The average molecular weight is 297 g/mol. The van der Waals surface area contributed by atoms with Gasteiger partial charge in [0, 0.05) is 11.6 Å². The van der Waals surface area contributed by atoms with Crippen LogP contribution in [-0.2, 0) is 6.61 Å². The van der Waals surface area contributed by atoms with Gasteiger partial charge in [0.15, 0.2) is 0 Å². The summed E-state index contributed by atoms with van der Waals surface area (Å²) in [5, 5.41) is 9.41. The zero-order valence-electron chi connectivity index (χ0n) is 13.3. The topological polar surface area (TPSA) is 42.2 Å². The Labute approximate surface area is 131 Å². The summed E-state index contributed by atoms with van der Waals surface area (Å²) < 4.78 is 1.92. The number of aromatic nitrogens is 1. The van der Waals surface area contributed by atoms with Crippen LogP contribution in [0.25, 0.3) is 11.3 Å². The summed E-state index contributed by atoms with van der Waals surface area (Å²) in [5.41, 5.74) is 4.98. The van der Waals surface area contributed by atoms with E-state index in [2.05, 4.69) is 32.0 Å². The molecule has 3 rings (SSSR count). The fraction of sp³-hybridized carbons (Fsp3) is 0.421. The van der Waals surface area contributed by atoms with E-state index in [1.165, 1.54) is 24.0 Å². The minimum absolute atomic E-state index is 0.0369. The van der Waals surface area contributed by atoms with Gasteiger partial charge in [-0.1, -0.05) is 25.0 Å². The fourth-order valence-corrected chi connectivity index (χ4v) is 3.38. The molecule has 1 fully saturated rings. The lowest BCUT2D eigenvalue weighted by molar-refractivity contribution is 0.278. The van der Waals surface area contributed by atoms with Gasteiger partial charge in [-0.25, -0.2) is 0 Å². The Morgan fingerprint density at radius 3 is 2.45 bits per heavy atom. The summed E-state index contributed by atoms with van der Waals surface area (Å²) in [6.07, 6.45) is 4.44. The lowest BCUT2D eigenvalue weighted by Gasteiger charge is -2.20. The van der Waals surface area contributed by atoms with E-state index >= 15 is 0 Å². The van der Waals surface area contributed by atoms with Crippen LogP contribution < -0.4 is 5.56 Å². The van der Waals surface area contributed by atoms with Crippen molar-refractivity contribution in [3.05, 3.63) is 57.4 Å². The molecule has 1 N–H and O–H groups in total. The maximum atomic E-state index is 12.7. The number of aryl methyl sites for hydroxylation is 2. The van der Waals surface area contributed by atoms with Gasteiger partial charge in [-0.05, 0) is 61.6 Å². The Hall–Kier alpha value is -1.87. The lowest BCUT2D eigenvalue weighted by atomic mass is 10.0. The molecule has 0 saturated heterocycles. The van der Waals surface area contributed by atoms with Crippen LogP contribution in [-0.4, -0.2) is 9.67 Å². The number of rotatable bonds is 3. The minimum atomic E-state index is -0.196. The Morgan fingerprint density at radius 2 is 1.82 bits per heavy atom. The predicted molar refractivity (Wildman–Crippen MR) is 89.0 cm³/mol. The van der Waals surface area contributed by atoms with Crippen molar-refractivity contribution in [3.63, 3.8) is 0 Å². The molecule has 0 unspecified atom stereocenters. The minimum Gasteiger partial charge on any atom is -0.391 e. The highest BCUT2D eigenvalue weighted by molar-refractivity contribution is 5.62. The van der Waals surface area contributed by atoms with Gasteiger partial charge < -0.3 is 9.67 Å². The van der Waals surface area contributed by atoms with Crippen molar-refractivity contribution in [1.82, 2.24) is 4.57 Å². The van der Waals surface area contributed by atoms with E-state index in [-0.39, 0.29) is 18.2 Å². The summed E-state index contributed by atoms with van der Waals surface area (Å²) in [5.74, 6) is 0. The molecular weight excluding hydrogens is 274 g/mol. The molecule has 116 valence electrons. The molecule has 2 aromatic rings. The third-order valence-electron chi connectivity index (χ3n) is 4.86. The summed E-state index contributed by atoms with van der Waals surface area (Å²) in [4.78, 5) is 12.7. The van der Waals surface area contributed by atoms with Crippen molar-refractivity contribution in [3.8, 4) is 11.3 Å². The first-order chi connectivity index (χ1) is 10.6. The van der Waals surface area contributed by atoms with Crippen molar-refractivity contribution in [2.75, 3.05) is 0 Å². The number of pyridine rings is 1. The number of hydrogen-bond acceptors (Lipinski definition) is 2. The summed E-state index contributed by atoms with van der Waals surface area (Å²) in [6, 6.07) is 10.3. The zero-order valence-corrected chi connectivity index (χ0v) is 13.3. The monoisotopic (exact) mass is 297 g/mol. The van der Waals surface area contributed by atoms with Gasteiger partial charge in [0.2, 0.25) is 0 Å². The summed E-state index contributed by atoms with van der Waals surface area (Å²) >= 11 is 0. The quantitative estimate of drug-likeness (QED) is 0.937. The van der Waals surface area contributed by atoms with Crippen molar-refractivity contribution in [2.24, 2.45) is 0 Å². The van der Waals surface area contributed by atoms with E-state index < -0.39 is 0 Å². The summed E-state index contributed by atoms with van der Waals surface area (Å²) in [6.45, 7) is 4.00. The second-order valence-corrected chi connectivity index (χ2v) is 6.31. The van der Waals surface area contributed by atoms with Gasteiger partial charge in [0.05, 0.1) is 12.3 Å². The standard InChI is InChI=1S/C19H23NO2/c1-13-7-8-15(11-14(13)2)18-10-9-16(12-21)19(22)20(18)17-5-3-4-6-17/h7-11,17,21H,3-6,12H2,1-2H3. The highest BCUT2D eigenvalue weighted by atomic mass is 16.3. The van der Waals surface area contributed by atoms with Crippen molar-refractivity contribution >= 4 is 0 Å². The van der Waals surface area contributed by atoms with Gasteiger partial charge >= 0.3 is 0 Å². The second-order valence-electron chi connectivity index (χ2n) is 6.31. The SMILES string of the molecule is Cc1ccc(-c2ccc(CO)c(=O)n2C2CCCC2)cc1C. The molecule has 3 nitrogen and oxygen atoms in total. The van der Waals surface area contributed by atoms with E-state index in [0.717, 1.165) is 24.1 Å². The molecule has 0 radical (unpaired) electrons. The molecule has 22 heavy (non-hydrogen) atoms. The number of benzene rings is 1. The molecule has 0 amide bonds. The van der Waals surface area contributed by atoms with Crippen LogP contribution in [0.4, 0.5) is 0 Å². The molecule has 0 atom stereocenters. The van der Waals surface area contributed by atoms with Gasteiger partial charge in [0.1, 0.15) is 0 Å². The Morgan fingerprint density at radius 1 is 1.09 bits per heavy atom. The maximum absolute atomic E-state index is 12.7. The molecular formula is C19H23NO2. The average Bonchev–Trinajstić information content (AvgIpc) is 3.03. The molecule has 1 saturated carbocycles. The number of nitrogens with zero attached hydrogens (tertiary/aromatic N) is 1. The lowest BCUT2D eigenvalue weighted by Crippen LogP contribution is -2.27. The van der Waals surface area contributed by atoms with Gasteiger partial charge in [0.25, 0.3) is 5.56 Å². The van der Waals surface area contributed by atoms with Gasteiger partial charge in [-0.2, -0.15) is 0 Å². The Bertz CT molecular complexity index is 740. The molecule has 0 bridgehead atoms. The molecule has 0 aliphatic heterocycles. The normalized spacial score (nSPS) is 15.4. The Balaban J connectivity index is 2.19. The number of hydrogen-bond donors (Lipinski definition) is 1. The first kappa shape index (κ1) is 15.0. The molecule has 1 aromatic heterocycles. The second kappa shape index (κ2) is 6.09. The van der Waals surface area contributed by atoms with E-state index in [4.69, 9.17) is 0 Å². The van der Waals surface area contributed by atoms with E-state index in [9.17, 15) is 9.90 Å². The van der Waals surface area contributed by atoms with Crippen LogP contribution in [0.3, 0.4) is 0 Å². The molecule has 1 heterocycles. The van der Waals surface area contributed by atoms with Crippen LogP contribution >= 0.6 is 0 Å². The van der Waals surface area contributed by atoms with Gasteiger partial charge in [-0.3, -0.25) is 4.79 Å². The number of aliphatic hydroxyl groups is 1. The van der Waals surface area contributed by atoms with E-state index in [0.29, 0.717) is 5.56 Å². The fourth-order valence-electron chi connectivity index (χ4n) is 3.38. The molecule has 1 aliphatic rings. The first-order valence-corrected chi connectivity index (χ1v) is 8.04. The van der Waals surface area contributed by atoms with Crippen LogP contribution in [0, 0.1) is 13.8 Å². The van der Waals surface area contributed by atoms with Crippen LogP contribution in [0.1, 0.15) is 48.4 Å². The maximum Gasteiger partial charge on any atom is 0.256 e. The molecule has 1 aliphatic carbocycles. The smallest absolute Gasteiger partial charge is 0.256 e. The number of aliphatic hydroxyl groups excluding tert-OH is 1. The van der Waals surface area contributed by atoms with Crippen molar-refractivity contribution < 1.29 is 5.11 Å². The first-order valence-electron chi connectivity index (χ1n) is 8.04. The Kier molecular flexibility index (Phi) is 4.16. The summed E-state index contributed by atoms with van der Waals surface area (Å²) in [7, 11) is 0. The third kappa shape index (κ3) is 2.61. The van der Waals surface area contributed by atoms with Crippen LogP contribution in [0.5, 0.6) is 0 Å². The van der Waals surface area contributed by atoms with Crippen molar-refractivity contribution in [1.29, 1.82) is 0 Å². The molecule has 3 heteroatoms.